The van der Waals surface area contributed by atoms with Crippen molar-refractivity contribution in [3.05, 3.63) is 0 Å². The highest BCUT2D eigenvalue weighted by Gasteiger charge is 2.70. The van der Waals surface area contributed by atoms with E-state index in [1.807, 2.05) is 0 Å². The maximum absolute atomic E-state index is 7.83. The van der Waals surface area contributed by atoms with Crippen LogP contribution in [0.4, 0.5) is 0 Å². The lowest BCUT2D eigenvalue weighted by Gasteiger charge is -2.65. The van der Waals surface area contributed by atoms with Gasteiger partial charge in [-0.15, -0.1) is 0 Å². The summed E-state index contributed by atoms with van der Waals surface area (Å²) in [4.78, 5) is 0. The number of hydrogen-bond acceptors (Lipinski definition) is 0. The Kier molecular flexibility index (Phi) is 60.9. The molecule has 0 amide bonds. The van der Waals surface area contributed by atoms with Crippen molar-refractivity contribution in [1.82, 2.24) is 0 Å². The second-order valence-electron chi connectivity index (χ2n) is 32.5. The Bertz CT molecular complexity index is 2030. The Morgan fingerprint density at radius 1 is 0.0776 bits per heavy atom. The van der Waals surface area contributed by atoms with E-state index in [9.17, 15) is 0 Å². The van der Waals surface area contributed by atoms with E-state index in [1.54, 1.807) is 0 Å². The van der Waals surface area contributed by atoms with E-state index < -0.39 is 365 Å². The first-order valence-corrected chi connectivity index (χ1v) is 39.7. The lowest BCUT2D eigenvalue weighted by Crippen LogP contribution is -2.96. The minimum absolute atomic E-state index is 1.90. The lowest BCUT2D eigenvalue weighted by atomic mass is 8.28. The molecule has 0 heterocycles. The van der Waals surface area contributed by atoms with E-state index in [0.717, 1.165) is 0 Å². The third-order valence-corrected chi connectivity index (χ3v) is 28.4. The molecule has 116 heavy (non-hydrogen) atoms. The van der Waals surface area contributed by atoms with Crippen LogP contribution in [-0.4, -0.2) is 814 Å². The third kappa shape index (κ3) is 33.1. The maximum atomic E-state index is 7.83. The van der Waals surface area contributed by atoms with E-state index in [-0.39, 0.29) is 0 Å². The Labute approximate surface area is 812 Å². The van der Waals surface area contributed by atoms with Crippen molar-refractivity contribution >= 4 is 821 Å². The van der Waals surface area contributed by atoms with E-state index in [1.165, 1.54) is 0 Å². The van der Waals surface area contributed by atoms with Crippen molar-refractivity contribution in [2.24, 2.45) is 0 Å². The summed E-state index contributed by atoms with van der Waals surface area (Å²) in [6.07, 6.45) is -115. The van der Waals surface area contributed by atoms with Gasteiger partial charge in [0.1, 0.15) is 0 Å². The van der Waals surface area contributed by atoms with Gasteiger partial charge in [0.05, 0.1) is 18.6 Å². The van der Waals surface area contributed by atoms with Gasteiger partial charge in [0.15, 0.2) is 0 Å². The summed E-state index contributed by atoms with van der Waals surface area (Å²) >= 11 is 0. The van der Waals surface area contributed by atoms with Crippen LogP contribution in [-0.2, 0) is 0 Å². The first-order valence-electron chi connectivity index (χ1n) is 38.1. The minimum Gasteiger partial charge on any atom is -0.253 e. The van der Waals surface area contributed by atoms with Gasteiger partial charge < -0.3 is 0 Å². The van der Waals surface area contributed by atoms with Crippen LogP contribution in [0.15, 0.2) is 0 Å². The third-order valence-electron chi connectivity index (χ3n) is 24.3. The summed E-state index contributed by atoms with van der Waals surface area (Å²) in [5.74, 6) is 0. The van der Waals surface area contributed by atoms with Gasteiger partial charge in [-0.1, -0.05) is 0 Å². The fraction of sp³-hybridized carbons (Fsp3) is 0. The molecule has 0 aromatic heterocycles. The van der Waals surface area contributed by atoms with Crippen LogP contribution in [0.1, 0.15) is 0 Å². The first-order chi connectivity index (χ1) is 52.7. The summed E-state index contributed by atoms with van der Waals surface area (Å²) in [7, 11) is 426. The monoisotopic (exact) mass is 1300 g/mol. The zero-order chi connectivity index (χ0) is 91.9. The predicted molar refractivity (Wildman–Crippen MR) is 669 cm³/mol. The molecule has 118 radical (unpaired) electrons. The highest BCUT2D eigenvalue weighted by Crippen LogP contribution is 2.54. The zero-order valence-electron chi connectivity index (χ0n) is 66.8. The van der Waals surface area contributed by atoms with Crippen LogP contribution < -0.4 is 0 Å². The molecule has 0 fully saturated rings. The molecular formula is B115P. The first kappa shape index (κ1) is 124. The average Bonchev–Trinajstić information content (AvgIpc) is 0.702. The lowest BCUT2D eigenvalue weighted by molar-refractivity contribution is 3.18. The van der Waals surface area contributed by atoms with Gasteiger partial charge in [0.2, 0.25) is 0 Å². The molecular weight excluding hydrogens is 1270 g/mol. The molecule has 0 aromatic carbocycles. The molecule has 116 heteroatoms. The molecule has 0 N–H and O–H groups in total. The summed E-state index contributed by atoms with van der Waals surface area (Å²) in [5.41, 5.74) is 0. The molecule has 0 aliphatic rings. The predicted octanol–water partition coefficient (Wildman–Crippen LogP) is -42.9. The van der Waals surface area contributed by atoms with Gasteiger partial charge in [-0.3, -0.25) is 7.56 Å². The van der Waals surface area contributed by atoms with Crippen LogP contribution in [0.3, 0.4) is 0 Å². The van der Waals surface area contributed by atoms with Crippen LogP contribution in [0.2, 0.25) is 0 Å². The van der Waals surface area contributed by atoms with Gasteiger partial charge in [0, 0.05) is 795 Å². The van der Waals surface area contributed by atoms with E-state index in [0.29, 0.717) is 0 Å². The molecule has 0 bridgehead atoms. The maximum Gasteiger partial charge on any atom is 0.0527 e. The normalized spacial score (nSPS) is 9.94. The van der Waals surface area contributed by atoms with E-state index in [4.69, 9.17) is 456 Å². The van der Waals surface area contributed by atoms with Crippen molar-refractivity contribution in [3.63, 3.8) is 0 Å². The van der Waals surface area contributed by atoms with Crippen molar-refractivity contribution in [1.29, 1.82) is 0 Å². The Balaban J connectivity index is 16.2. The van der Waals surface area contributed by atoms with Gasteiger partial charge in [0.25, 0.3) is 0 Å². The number of rotatable bonds is 56. The van der Waals surface area contributed by atoms with Gasteiger partial charge in [-0.2, -0.15) is 0 Å². The summed E-state index contributed by atoms with van der Waals surface area (Å²) < 4.78 is 0. The van der Waals surface area contributed by atoms with E-state index >= 15 is 0 Å². The highest BCUT2D eigenvalue weighted by molar-refractivity contribution is 8.65. The van der Waals surface area contributed by atoms with Gasteiger partial charge in [-0.05, 0) is 0 Å². The molecule has 0 spiro atoms. The Hall–Kier alpha value is 7.90. The molecule has 0 saturated heterocycles. The van der Waals surface area contributed by atoms with Crippen molar-refractivity contribution in [3.8, 4) is 0 Å². The van der Waals surface area contributed by atoms with Crippen LogP contribution in [0.25, 0.3) is 0 Å². The second-order valence-corrected chi connectivity index (χ2v) is 35.2. The molecule has 0 nitrogen and oxygen atoms in total. The molecule has 0 rings (SSSR count). The summed E-state index contributed by atoms with van der Waals surface area (Å²) in [6, 6.07) is 0. The van der Waals surface area contributed by atoms with Crippen molar-refractivity contribution in [2.75, 3.05) is 0 Å². The summed E-state index contributed by atoms with van der Waals surface area (Å²) in [5, 5.41) is 0. The van der Waals surface area contributed by atoms with Crippen LogP contribution in [0, 0.1) is 0 Å². The SMILES string of the molecule is [B]B([B])B([B])B(B(B([B])[B])B([B])[B])B(B(B([B])[B])B([B])[B])B(B(B(B(B([B])[B])B([B])[B])B(B([B])[B])B([B])[B])B(B(B([B])[B])B([B])[B])B(B([B])[B])B([B])[B])P(B(B(B(B([B])[B])B([B])[B])B(B([B])[B])B([B])[B])B(B(B([B])[B])B([B])[B])B(B([B])[B])B([B])[B])B(B(B(B([B])[B])B([B])[B])B(B([B])[B])B([B])[B])B(B(B([B])[B])B([B])[B])B(B([B])[B])B([B])[B]. The Morgan fingerprint density at radius 2 is 0.155 bits per heavy atom. The molecule has 0 aliphatic heterocycles. The summed E-state index contributed by atoms with van der Waals surface area (Å²) in [6.45, 7) is 0. The zero-order valence-corrected chi connectivity index (χ0v) is 67.7. The molecule has 0 aromatic rings. The largest absolute Gasteiger partial charge is 0.253 e. The van der Waals surface area contributed by atoms with E-state index in [2.05, 4.69) is 0 Å². The molecule has 0 atom stereocenters. The van der Waals surface area contributed by atoms with Crippen LogP contribution >= 0.6 is 7.56 Å². The highest BCUT2D eigenvalue weighted by atomic mass is 31.1. The smallest absolute Gasteiger partial charge is 0.0527 e. The van der Waals surface area contributed by atoms with Crippen molar-refractivity contribution < 1.29 is 0 Å². The molecule has 350 valence electrons. The van der Waals surface area contributed by atoms with Crippen molar-refractivity contribution in [2.45, 2.75) is 0 Å². The topological polar surface area (TPSA) is 0 Å². The molecule has 0 saturated carbocycles. The second kappa shape index (κ2) is 57.1. The number of hydrogen-bond donors (Lipinski definition) is 0. The minimum atomic E-state index is -4.14. The molecule has 0 aliphatic carbocycles. The van der Waals surface area contributed by atoms with Gasteiger partial charge in [-0.25, -0.2) is 0 Å². The van der Waals surface area contributed by atoms with Gasteiger partial charge >= 0.3 is 0 Å². The fourth-order valence-corrected chi connectivity index (χ4v) is 26.1. The fourth-order valence-electron chi connectivity index (χ4n) is 20.2. The van der Waals surface area contributed by atoms with Crippen LogP contribution in [0.5, 0.6) is 0 Å². The molecule has 0 unspecified atom stereocenters. The quantitative estimate of drug-likeness (QED) is 0.0421. The Morgan fingerprint density at radius 3 is 0.250 bits per heavy atom. The standard InChI is InChI=1S/B115P/c1-60(2)89(59)104(90(61(3)4)62(5)6)111(103(87(55)56)88(57)58)115(112(105(91(63(7)8)64(9)10)92(65(11)12)66(13)14)106(93(67(15)16)68(17)18)94(69(19)20)70(21)22)116(113(107(95(71(23)24)72(25)26)96(73(27)28)74(29)30)108(97(75(31)32)76(33)34)98(77(35)36)78(37)38)114(109(99(79(39)40)80(41)42)100(81(43)44)82(45)46)110(101(83(47)48)84(49)50)102(85(51)52)86(53)54. The average molecular weight is 1270 g/mol.